The lowest BCUT2D eigenvalue weighted by atomic mass is 9.91. The van der Waals surface area contributed by atoms with E-state index in [-0.39, 0.29) is 12.1 Å². The van der Waals surface area contributed by atoms with Crippen molar-refractivity contribution < 1.29 is 9.84 Å². The summed E-state index contributed by atoms with van der Waals surface area (Å²) in [4.78, 5) is 0. The molecule has 19 heavy (non-hydrogen) atoms. The van der Waals surface area contributed by atoms with Crippen LogP contribution in [0.1, 0.15) is 71.6 Å². The van der Waals surface area contributed by atoms with Crippen molar-refractivity contribution in [1.29, 1.82) is 0 Å². The Labute approximate surface area is 119 Å². The fourth-order valence-corrected chi connectivity index (χ4v) is 2.92. The summed E-state index contributed by atoms with van der Waals surface area (Å²) in [5.41, 5.74) is -0.0913. The molecule has 114 valence electrons. The normalized spacial score (nSPS) is 20.4. The first-order chi connectivity index (χ1) is 9.26. The zero-order valence-electron chi connectivity index (χ0n) is 12.9. The summed E-state index contributed by atoms with van der Waals surface area (Å²) in [5, 5.41) is 13.2. The van der Waals surface area contributed by atoms with Gasteiger partial charge < -0.3 is 15.2 Å². The molecule has 0 heterocycles. The molecule has 1 rings (SSSR count). The Morgan fingerprint density at radius 1 is 1.21 bits per heavy atom. The third-order valence-corrected chi connectivity index (χ3v) is 4.43. The Balaban J connectivity index is 2.19. The second-order valence-electron chi connectivity index (χ2n) is 5.95. The van der Waals surface area contributed by atoms with E-state index in [1.165, 1.54) is 32.1 Å². The van der Waals surface area contributed by atoms with Crippen molar-refractivity contribution in [2.45, 2.75) is 83.3 Å². The van der Waals surface area contributed by atoms with E-state index >= 15 is 0 Å². The van der Waals surface area contributed by atoms with E-state index in [0.29, 0.717) is 6.10 Å². The maximum Gasteiger partial charge on any atom is 0.0613 e. The lowest BCUT2D eigenvalue weighted by Crippen LogP contribution is -2.48. The first-order valence-electron chi connectivity index (χ1n) is 8.24. The molecule has 1 aliphatic rings. The zero-order chi connectivity index (χ0) is 14.0. The molecule has 3 nitrogen and oxygen atoms in total. The molecule has 0 saturated heterocycles. The van der Waals surface area contributed by atoms with Crippen molar-refractivity contribution >= 4 is 0 Å². The fourth-order valence-electron chi connectivity index (χ4n) is 2.92. The highest BCUT2D eigenvalue weighted by molar-refractivity contribution is 4.85. The Morgan fingerprint density at radius 3 is 2.53 bits per heavy atom. The van der Waals surface area contributed by atoms with Gasteiger partial charge in [-0.05, 0) is 45.1 Å². The van der Waals surface area contributed by atoms with Crippen LogP contribution in [0.3, 0.4) is 0 Å². The maximum atomic E-state index is 9.65. The number of rotatable bonds is 10. The van der Waals surface area contributed by atoms with Gasteiger partial charge in [0.2, 0.25) is 0 Å². The number of hydrogen-bond donors (Lipinski definition) is 2. The molecule has 1 saturated carbocycles. The third kappa shape index (κ3) is 6.24. The molecule has 3 heteroatoms. The summed E-state index contributed by atoms with van der Waals surface area (Å²) in [6, 6.07) is 0. The van der Waals surface area contributed by atoms with E-state index in [0.717, 1.165) is 38.8 Å². The SMILES string of the molecule is CCCNC(CC)(CO)CCCOC1CCCCC1. The molecule has 1 aliphatic carbocycles. The monoisotopic (exact) mass is 271 g/mol. The molecular weight excluding hydrogens is 238 g/mol. The Kier molecular flexibility index (Phi) is 8.67. The summed E-state index contributed by atoms with van der Waals surface area (Å²) in [6.07, 6.45) is 11.2. The van der Waals surface area contributed by atoms with Crippen molar-refractivity contribution in [1.82, 2.24) is 5.32 Å². The van der Waals surface area contributed by atoms with Crippen LogP contribution in [0.4, 0.5) is 0 Å². The van der Waals surface area contributed by atoms with Crippen LogP contribution in [0, 0.1) is 0 Å². The number of hydrogen-bond acceptors (Lipinski definition) is 3. The smallest absolute Gasteiger partial charge is 0.0613 e. The summed E-state index contributed by atoms with van der Waals surface area (Å²) >= 11 is 0. The van der Waals surface area contributed by atoms with Crippen molar-refractivity contribution in [3.63, 3.8) is 0 Å². The van der Waals surface area contributed by atoms with Crippen molar-refractivity contribution in [3.05, 3.63) is 0 Å². The van der Waals surface area contributed by atoms with Crippen LogP contribution in [0.15, 0.2) is 0 Å². The summed E-state index contributed by atoms with van der Waals surface area (Å²) in [7, 11) is 0. The Hall–Kier alpha value is -0.120. The van der Waals surface area contributed by atoms with Crippen LogP contribution in [0.5, 0.6) is 0 Å². The maximum absolute atomic E-state index is 9.65. The van der Waals surface area contributed by atoms with Crippen LogP contribution in [-0.2, 0) is 4.74 Å². The highest BCUT2D eigenvalue weighted by atomic mass is 16.5. The number of ether oxygens (including phenoxy) is 1. The molecule has 0 aromatic heterocycles. The minimum absolute atomic E-state index is 0.0913. The fraction of sp³-hybridized carbons (Fsp3) is 1.00. The number of aliphatic hydroxyl groups is 1. The largest absolute Gasteiger partial charge is 0.394 e. The first-order valence-corrected chi connectivity index (χ1v) is 8.24. The van der Waals surface area contributed by atoms with Crippen molar-refractivity contribution in [3.8, 4) is 0 Å². The minimum atomic E-state index is -0.0913. The van der Waals surface area contributed by atoms with Gasteiger partial charge in [-0.1, -0.05) is 33.1 Å². The van der Waals surface area contributed by atoms with Crippen LogP contribution in [-0.4, -0.2) is 36.5 Å². The van der Waals surface area contributed by atoms with E-state index < -0.39 is 0 Å². The van der Waals surface area contributed by atoms with Crippen molar-refractivity contribution in [2.75, 3.05) is 19.8 Å². The first kappa shape index (κ1) is 16.9. The van der Waals surface area contributed by atoms with E-state index in [1.807, 2.05) is 0 Å². The molecule has 1 fully saturated rings. The molecule has 0 aromatic carbocycles. The molecule has 0 aromatic rings. The lowest BCUT2D eigenvalue weighted by molar-refractivity contribution is 0.0209. The van der Waals surface area contributed by atoms with Gasteiger partial charge in [0.15, 0.2) is 0 Å². The number of aliphatic hydroxyl groups excluding tert-OH is 1. The second kappa shape index (κ2) is 9.73. The highest BCUT2D eigenvalue weighted by Crippen LogP contribution is 2.22. The van der Waals surface area contributed by atoms with Crippen LogP contribution in [0.2, 0.25) is 0 Å². The van der Waals surface area contributed by atoms with Crippen LogP contribution >= 0.6 is 0 Å². The van der Waals surface area contributed by atoms with E-state index in [2.05, 4.69) is 19.2 Å². The van der Waals surface area contributed by atoms with Gasteiger partial charge in [-0.25, -0.2) is 0 Å². The van der Waals surface area contributed by atoms with Gasteiger partial charge >= 0.3 is 0 Å². The molecule has 0 radical (unpaired) electrons. The molecule has 0 amide bonds. The van der Waals surface area contributed by atoms with Gasteiger partial charge in [-0.15, -0.1) is 0 Å². The van der Waals surface area contributed by atoms with Crippen LogP contribution < -0.4 is 5.32 Å². The molecule has 0 spiro atoms. The molecular formula is C16H33NO2. The molecule has 1 atom stereocenters. The lowest BCUT2D eigenvalue weighted by Gasteiger charge is -2.32. The van der Waals surface area contributed by atoms with Gasteiger partial charge in [-0.2, -0.15) is 0 Å². The van der Waals surface area contributed by atoms with Gasteiger partial charge in [0.25, 0.3) is 0 Å². The summed E-state index contributed by atoms with van der Waals surface area (Å²) in [6.45, 7) is 6.38. The average Bonchev–Trinajstić information content (AvgIpc) is 2.48. The predicted octanol–water partition coefficient (Wildman–Crippen LogP) is 3.26. The quantitative estimate of drug-likeness (QED) is 0.599. The summed E-state index contributed by atoms with van der Waals surface area (Å²) < 4.78 is 5.96. The van der Waals surface area contributed by atoms with Crippen LogP contribution in [0.25, 0.3) is 0 Å². The topological polar surface area (TPSA) is 41.5 Å². The van der Waals surface area contributed by atoms with Gasteiger partial charge in [0, 0.05) is 12.1 Å². The Bertz CT molecular complexity index is 211. The molecule has 0 bridgehead atoms. The van der Waals surface area contributed by atoms with Crippen molar-refractivity contribution in [2.24, 2.45) is 0 Å². The van der Waals surface area contributed by atoms with Gasteiger partial charge in [0.1, 0.15) is 0 Å². The zero-order valence-corrected chi connectivity index (χ0v) is 12.9. The van der Waals surface area contributed by atoms with Gasteiger partial charge in [-0.3, -0.25) is 0 Å². The highest BCUT2D eigenvalue weighted by Gasteiger charge is 2.25. The second-order valence-corrected chi connectivity index (χ2v) is 5.95. The predicted molar refractivity (Wildman–Crippen MR) is 80.5 cm³/mol. The molecule has 1 unspecified atom stereocenters. The standard InChI is InChI=1S/C16H33NO2/c1-3-12-17-16(4-2,14-18)11-8-13-19-15-9-6-5-7-10-15/h15,17-18H,3-14H2,1-2H3. The van der Waals surface area contributed by atoms with E-state index in [1.54, 1.807) is 0 Å². The van der Waals surface area contributed by atoms with E-state index in [9.17, 15) is 5.11 Å². The van der Waals surface area contributed by atoms with E-state index in [4.69, 9.17) is 4.74 Å². The number of nitrogens with one attached hydrogen (secondary N) is 1. The molecule has 2 N–H and O–H groups in total. The Morgan fingerprint density at radius 2 is 1.95 bits per heavy atom. The third-order valence-electron chi connectivity index (χ3n) is 4.43. The molecule has 0 aliphatic heterocycles. The minimum Gasteiger partial charge on any atom is -0.394 e. The van der Waals surface area contributed by atoms with Gasteiger partial charge in [0.05, 0.1) is 12.7 Å². The average molecular weight is 271 g/mol. The summed E-state index contributed by atoms with van der Waals surface area (Å²) in [5.74, 6) is 0.